The fraction of sp³-hybridized carbons (Fsp3) is 0.900. The Bertz CT molecular complexity index is 1210. The Hall–Kier alpha value is -2.56. The molecule has 59 heavy (non-hydrogen) atoms. The molecule has 8 N–H and O–H groups in total. The van der Waals surface area contributed by atoms with Crippen LogP contribution in [0.1, 0.15) is 130 Å². The molecule has 0 aromatic carbocycles. The van der Waals surface area contributed by atoms with E-state index in [4.69, 9.17) is 38.3 Å². The molecule has 13 atom stereocenters. The third kappa shape index (κ3) is 20.2. The Morgan fingerprint density at radius 2 is 1.15 bits per heavy atom. The van der Waals surface area contributed by atoms with Crippen molar-refractivity contribution < 1.29 is 93.2 Å². The first kappa shape index (κ1) is 52.6. The average Bonchev–Trinajstić information content (AvgIpc) is 3.16. The van der Waals surface area contributed by atoms with Crippen LogP contribution in [0.25, 0.3) is 0 Å². The number of carbonyl (C=O) groups excluding carboxylic acids is 3. The van der Waals surface area contributed by atoms with Crippen molar-refractivity contribution in [2.45, 2.75) is 210 Å². The predicted octanol–water partition coefficient (Wildman–Crippen LogP) is 1.14. The minimum absolute atomic E-state index is 0.231. The summed E-state index contributed by atoms with van der Waals surface area (Å²) in [7, 11) is 0. The lowest BCUT2D eigenvalue weighted by atomic mass is 9.96. The number of carboxylic acids is 1. The Morgan fingerprint density at radius 3 is 1.69 bits per heavy atom. The van der Waals surface area contributed by atoms with Crippen LogP contribution in [0.4, 0.5) is 0 Å². The van der Waals surface area contributed by atoms with Crippen LogP contribution < -0.4 is 0 Å². The van der Waals surface area contributed by atoms with E-state index in [9.17, 15) is 54.9 Å². The molecule has 2 saturated heterocycles. The largest absolute Gasteiger partial charge is 0.481 e. The molecule has 0 aromatic rings. The molecule has 0 radical (unpaired) electrons. The number of carbonyl (C=O) groups is 4. The van der Waals surface area contributed by atoms with E-state index in [1.54, 1.807) is 0 Å². The van der Waals surface area contributed by atoms with Crippen molar-refractivity contribution >= 4 is 23.9 Å². The van der Waals surface area contributed by atoms with Gasteiger partial charge in [-0.15, -0.1) is 0 Å². The molecule has 2 fully saturated rings. The molecule has 2 aliphatic rings. The fourth-order valence-electron chi connectivity index (χ4n) is 7.02. The van der Waals surface area contributed by atoms with Crippen molar-refractivity contribution in [1.82, 2.24) is 0 Å². The number of unbranched alkanes of at least 4 members (excludes halogenated alkanes) is 10. The number of aliphatic hydroxyl groups is 7. The van der Waals surface area contributed by atoms with Gasteiger partial charge in [-0.05, 0) is 19.3 Å². The van der Waals surface area contributed by atoms with Gasteiger partial charge in [0.05, 0.1) is 44.4 Å². The van der Waals surface area contributed by atoms with Crippen LogP contribution in [0.15, 0.2) is 0 Å². The van der Waals surface area contributed by atoms with Crippen LogP contribution in [-0.4, -0.2) is 164 Å². The molecule has 2 rings (SSSR count). The van der Waals surface area contributed by atoms with Gasteiger partial charge in [-0.1, -0.05) is 84.0 Å². The predicted molar refractivity (Wildman–Crippen MR) is 205 cm³/mol. The monoisotopic (exact) mass is 854 g/mol. The van der Waals surface area contributed by atoms with Crippen molar-refractivity contribution in [3.8, 4) is 0 Å². The zero-order chi connectivity index (χ0) is 43.9. The van der Waals surface area contributed by atoms with E-state index in [-0.39, 0.29) is 13.0 Å². The molecule has 0 saturated carbocycles. The molecule has 0 aliphatic carbocycles. The maximum Gasteiger partial charge on any atom is 0.309 e. The van der Waals surface area contributed by atoms with E-state index in [1.165, 1.54) is 0 Å². The molecular formula is C40H70O19. The number of esters is 3. The molecule has 344 valence electrons. The first-order valence-electron chi connectivity index (χ1n) is 21.1. The highest BCUT2D eigenvalue weighted by Crippen LogP contribution is 2.33. The second-order valence-electron chi connectivity index (χ2n) is 15.5. The topological polar surface area (TPSA) is 295 Å². The second-order valence-corrected chi connectivity index (χ2v) is 15.5. The van der Waals surface area contributed by atoms with Crippen LogP contribution in [0, 0.1) is 0 Å². The van der Waals surface area contributed by atoms with Gasteiger partial charge in [0.25, 0.3) is 0 Å². The van der Waals surface area contributed by atoms with Crippen molar-refractivity contribution in [2.24, 2.45) is 0 Å². The lowest BCUT2D eigenvalue weighted by molar-refractivity contribution is -0.361. The average molecular weight is 855 g/mol. The minimum Gasteiger partial charge on any atom is -0.481 e. The van der Waals surface area contributed by atoms with Gasteiger partial charge in [-0.3, -0.25) is 19.2 Å². The van der Waals surface area contributed by atoms with Crippen molar-refractivity contribution in [1.29, 1.82) is 0 Å². The lowest BCUT2D eigenvalue weighted by Gasteiger charge is -2.47. The Morgan fingerprint density at radius 1 is 0.610 bits per heavy atom. The van der Waals surface area contributed by atoms with Gasteiger partial charge >= 0.3 is 23.9 Å². The van der Waals surface area contributed by atoms with Crippen LogP contribution in [0.5, 0.6) is 0 Å². The van der Waals surface area contributed by atoms with Crippen molar-refractivity contribution in [3.63, 3.8) is 0 Å². The molecular weight excluding hydrogens is 784 g/mol. The maximum atomic E-state index is 13.0. The Kier molecular flexibility index (Phi) is 25.7. The molecule has 2 heterocycles. The molecule has 0 bridgehead atoms. The summed E-state index contributed by atoms with van der Waals surface area (Å²) < 4.78 is 39.3. The Balaban J connectivity index is 1.99. The lowest BCUT2D eigenvalue weighted by Crippen LogP contribution is -2.66. The van der Waals surface area contributed by atoms with Crippen LogP contribution in [-0.2, 0) is 52.3 Å². The summed E-state index contributed by atoms with van der Waals surface area (Å²) >= 11 is 0. The number of ether oxygens (including phenoxy) is 7. The third-order valence-electron chi connectivity index (χ3n) is 10.2. The smallest absolute Gasteiger partial charge is 0.309 e. The summed E-state index contributed by atoms with van der Waals surface area (Å²) in [5, 5.41) is 82.6. The zero-order valence-electron chi connectivity index (χ0n) is 34.7. The highest BCUT2D eigenvalue weighted by Gasteiger charge is 2.54. The summed E-state index contributed by atoms with van der Waals surface area (Å²) in [5.74, 6) is -3.56. The molecule has 0 spiro atoms. The van der Waals surface area contributed by atoms with E-state index in [1.807, 2.05) is 6.92 Å². The summed E-state index contributed by atoms with van der Waals surface area (Å²) in [6.07, 6.45) is -7.91. The summed E-state index contributed by atoms with van der Waals surface area (Å²) in [6, 6.07) is 0. The minimum atomic E-state index is -1.83. The van der Waals surface area contributed by atoms with Gasteiger partial charge < -0.3 is 74.0 Å². The number of carboxylic acid groups (broad SMARTS) is 1. The summed E-state index contributed by atoms with van der Waals surface area (Å²) in [5.41, 5.74) is 0. The van der Waals surface area contributed by atoms with Gasteiger partial charge in [-0.2, -0.15) is 0 Å². The normalized spacial score (nSPS) is 28.6. The number of rotatable bonds is 30. The van der Waals surface area contributed by atoms with E-state index in [0.717, 1.165) is 78.1 Å². The van der Waals surface area contributed by atoms with E-state index >= 15 is 0 Å². The number of aliphatic carboxylic acids is 1. The summed E-state index contributed by atoms with van der Waals surface area (Å²) in [4.78, 5) is 47.5. The van der Waals surface area contributed by atoms with Gasteiger partial charge in [-0.25, -0.2) is 0 Å². The summed E-state index contributed by atoms with van der Waals surface area (Å²) in [6.45, 7) is 2.56. The number of hydrogen-bond donors (Lipinski definition) is 8. The fourth-order valence-corrected chi connectivity index (χ4v) is 7.02. The van der Waals surface area contributed by atoms with Crippen LogP contribution in [0.2, 0.25) is 0 Å². The highest BCUT2D eigenvalue weighted by atomic mass is 16.8. The highest BCUT2D eigenvalue weighted by molar-refractivity contribution is 5.70. The van der Waals surface area contributed by atoms with Gasteiger partial charge in [0.1, 0.15) is 43.2 Å². The van der Waals surface area contributed by atoms with Crippen LogP contribution in [0.3, 0.4) is 0 Å². The maximum absolute atomic E-state index is 13.0. The van der Waals surface area contributed by atoms with Crippen molar-refractivity contribution in [2.75, 3.05) is 19.8 Å². The van der Waals surface area contributed by atoms with Crippen molar-refractivity contribution in [3.05, 3.63) is 0 Å². The first-order valence-corrected chi connectivity index (χ1v) is 21.1. The van der Waals surface area contributed by atoms with Gasteiger partial charge in [0.15, 0.2) is 24.8 Å². The quantitative estimate of drug-likeness (QED) is 0.0285. The number of hydrogen-bond acceptors (Lipinski definition) is 18. The first-order chi connectivity index (χ1) is 28.1. The molecule has 3 unspecified atom stereocenters. The van der Waals surface area contributed by atoms with Crippen LogP contribution >= 0.6 is 0 Å². The SMILES string of the molecule is CCCCCC(O)CC(=O)O[C@H]1[C@H](O[C@H]2[C@H](O)[C@@H](O)[C@H](OCC(O)CCCCCCCCCCCC(O)CC(=O)O)O[C@@H]2COC(C)=O)O[C@H](CO)[C@@H](O)[C@@H]1OC(C)=O. The number of aliphatic hydroxyl groups excluding tert-OH is 7. The zero-order valence-corrected chi connectivity index (χ0v) is 34.7. The van der Waals surface area contributed by atoms with E-state index in [0.29, 0.717) is 32.1 Å². The van der Waals surface area contributed by atoms with Gasteiger partial charge in [0.2, 0.25) is 0 Å². The standard InChI is InChI=1S/C40H70O19/c1-4-5-13-16-27(45)20-32(49)58-38-37(55-25(3)43)33(50)29(21-41)56-40(38)59-36-30(23-53-24(2)42)57-39(35(52)34(36)51)54-22-28(46)18-15-12-10-8-6-7-9-11-14-17-26(44)19-31(47)48/h26-30,33-41,44-46,50-52H,4-23H2,1-3H3,(H,47,48)/t26?,27?,28?,29-,30-,33-,34-,35-,36-,37+,38-,39-,40+/m1/s1. The molecule has 2 aliphatic heterocycles. The second kappa shape index (κ2) is 28.9. The molecule has 0 amide bonds. The van der Waals surface area contributed by atoms with Gasteiger partial charge in [0, 0.05) is 13.8 Å². The molecule has 0 aromatic heterocycles. The molecule has 19 nitrogen and oxygen atoms in total. The van der Waals surface area contributed by atoms with E-state index < -0.39 is 123 Å². The van der Waals surface area contributed by atoms with E-state index in [2.05, 4.69) is 0 Å². The molecule has 19 heteroatoms. The third-order valence-corrected chi connectivity index (χ3v) is 10.2. The Labute approximate surface area is 346 Å².